The van der Waals surface area contributed by atoms with E-state index in [9.17, 15) is 0 Å². The smallest absolute Gasteiger partial charge is 0.0621 e. The van der Waals surface area contributed by atoms with Gasteiger partial charge in [-0.05, 0) is 24.7 Å². The molecule has 1 nitrogen and oxygen atoms in total. The molecule has 0 N–H and O–H groups in total. The van der Waals surface area contributed by atoms with Gasteiger partial charge >= 0.3 is 0 Å². The Labute approximate surface area is 74.4 Å². The molecular formula is C11H15N. The topological polar surface area (TPSA) is 23.8 Å². The van der Waals surface area contributed by atoms with Gasteiger partial charge < -0.3 is 0 Å². The van der Waals surface area contributed by atoms with Crippen molar-refractivity contribution in [2.45, 2.75) is 26.2 Å². The van der Waals surface area contributed by atoms with Crippen LogP contribution in [0.25, 0.3) is 0 Å². The summed E-state index contributed by atoms with van der Waals surface area (Å²) in [4.78, 5) is 0. The molecule has 0 aromatic heterocycles. The Morgan fingerprint density at radius 1 is 1.58 bits per heavy atom. The maximum Gasteiger partial charge on any atom is 0.0621 e. The van der Waals surface area contributed by atoms with E-state index in [-0.39, 0.29) is 0 Å². The van der Waals surface area contributed by atoms with Crippen LogP contribution in [0.5, 0.6) is 0 Å². The molecule has 1 heteroatoms. The third-order valence-corrected chi connectivity index (χ3v) is 2.46. The highest BCUT2D eigenvalue weighted by molar-refractivity contribution is 5.11. The molecule has 0 saturated heterocycles. The van der Waals surface area contributed by atoms with Crippen LogP contribution in [-0.2, 0) is 0 Å². The van der Waals surface area contributed by atoms with E-state index in [1.54, 1.807) is 0 Å². The number of hydrogen-bond donors (Lipinski definition) is 0. The summed E-state index contributed by atoms with van der Waals surface area (Å²) in [6.07, 6.45) is 11.5. The number of hydrogen-bond acceptors (Lipinski definition) is 1. The maximum absolute atomic E-state index is 8.43. The summed E-state index contributed by atoms with van der Waals surface area (Å²) < 4.78 is 0. The Bertz CT molecular complexity index is 220. The summed E-state index contributed by atoms with van der Waals surface area (Å²) >= 11 is 0. The average molecular weight is 161 g/mol. The van der Waals surface area contributed by atoms with Crippen LogP contribution in [0.4, 0.5) is 0 Å². The monoisotopic (exact) mass is 161 g/mol. The van der Waals surface area contributed by atoms with Crippen molar-refractivity contribution in [2.75, 3.05) is 0 Å². The predicted molar refractivity (Wildman–Crippen MR) is 50.4 cm³/mol. The maximum atomic E-state index is 8.43. The molecule has 1 aliphatic rings. The van der Waals surface area contributed by atoms with Crippen LogP contribution in [0, 0.1) is 23.2 Å². The molecule has 2 unspecified atom stereocenters. The van der Waals surface area contributed by atoms with Gasteiger partial charge in [-0.2, -0.15) is 5.26 Å². The van der Waals surface area contributed by atoms with Gasteiger partial charge in [-0.1, -0.05) is 31.2 Å². The molecule has 12 heavy (non-hydrogen) atoms. The fraction of sp³-hybridized carbons (Fsp3) is 0.545. The third-order valence-electron chi connectivity index (χ3n) is 2.46. The second kappa shape index (κ2) is 4.77. The fourth-order valence-electron chi connectivity index (χ4n) is 1.53. The lowest BCUT2D eigenvalue weighted by atomic mass is 9.85. The Morgan fingerprint density at radius 2 is 2.42 bits per heavy atom. The van der Waals surface area contributed by atoms with Crippen LogP contribution in [0.1, 0.15) is 26.2 Å². The molecule has 0 aromatic rings. The first-order valence-electron chi connectivity index (χ1n) is 4.55. The average Bonchev–Trinajstić information content (AvgIpc) is 2.15. The highest BCUT2D eigenvalue weighted by atomic mass is 14.2. The summed E-state index contributed by atoms with van der Waals surface area (Å²) in [5, 5.41) is 8.43. The van der Waals surface area contributed by atoms with Crippen LogP contribution in [0.2, 0.25) is 0 Å². The number of nitrogens with zero attached hydrogens (tertiary/aromatic N) is 1. The van der Waals surface area contributed by atoms with Gasteiger partial charge in [-0.3, -0.25) is 0 Å². The van der Waals surface area contributed by atoms with Gasteiger partial charge in [0.1, 0.15) is 0 Å². The summed E-state index contributed by atoms with van der Waals surface area (Å²) in [5.41, 5.74) is 0. The van der Waals surface area contributed by atoms with E-state index in [4.69, 9.17) is 5.26 Å². The minimum absolute atomic E-state index is 0.644. The quantitative estimate of drug-likeness (QED) is 0.624. The molecule has 1 aliphatic carbocycles. The lowest BCUT2D eigenvalue weighted by Crippen LogP contribution is -2.09. The van der Waals surface area contributed by atoms with Gasteiger partial charge in [0.15, 0.2) is 0 Å². The van der Waals surface area contributed by atoms with Crippen LogP contribution >= 0.6 is 0 Å². The molecular weight excluding hydrogens is 146 g/mol. The van der Waals surface area contributed by atoms with Gasteiger partial charge in [-0.25, -0.2) is 0 Å². The van der Waals surface area contributed by atoms with E-state index in [2.05, 4.69) is 37.3 Å². The van der Waals surface area contributed by atoms with E-state index < -0.39 is 0 Å². The van der Waals surface area contributed by atoms with Crippen LogP contribution in [0.3, 0.4) is 0 Å². The normalized spacial score (nSPS) is 23.5. The molecule has 0 bridgehead atoms. The van der Waals surface area contributed by atoms with Gasteiger partial charge in [0.05, 0.1) is 6.07 Å². The molecule has 0 spiro atoms. The van der Waals surface area contributed by atoms with Crippen molar-refractivity contribution in [1.29, 1.82) is 5.26 Å². The molecule has 0 heterocycles. The third kappa shape index (κ3) is 2.54. The second-order valence-corrected chi connectivity index (χ2v) is 3.39. The van der Waals surface area contributed by atoms with Gasteiger partial charge in [-0.15, -0.1) is 0 Å². The predicted octanol–water partition coefficient (Wildman–Crippen LogP) is 3.06. The molecule has 0 fully saturated rings. The molecule has 1 rings (SSSR count). The largest absolute Gasteiger partial charge is 0.198 e. The zero-order chi connectivity index (χ0) is 8.81. The first kappa shape index (κ1) is 9.06. The fourth-order valence-corrected chi connectivity index (χ4v) is 1.53. The number of allylic oxidation sites excluding steroid dienone is 4. The molecule has 0 aromatic carbocycles. The van der Waals surface area contributed by atoms with Gasteiger partial charge in [0.2, 0.25) is 0 Å². The Kier molecular flexibility index (Phi) is 3.60. The molecule has 0 aliphatic heterocycles. The van der Waals surface area contributed by atoms with Crippen molar-refractivity contribution in [1.82, 2.24) is 0 Å². The van der Waals surface area contributed by atoms with Crippen molar-refractivity contribution < 1.29 is 0 Å². The van der Waals surface area contributed by atoms with Crippen LogP contribution in [-0.4, -0.2) is 0 Å². The number of nitriles is 1. The Balaban J connectivity index is 2.33. The molecule has 2 atom stereocenters. The van der Waals surface area contributed by atoms with Gasteiger partial charge in [0, 0.05) is 6.42 Å². The highest BCUT2D eigenvalue weighted by Crippen LogP contribution is 2.24. The first-order chi connectivity index (χ1) is 5.84. The van der Waals surface area contributed by atoms with Gasteiger partial charge in [0.25, 0.3) is 0 Å². The summed E-state index contributed by atoms with van der Waals surface area (Å²) in [6.45, 7) is 2.23. The van der Waals surface area contributed by atoms with Crippen molar-refractivity contribution in [3.05, 3.63) is 24.3 Å². The summed E-state index contributed by atoms with van der Waals surface area (Å²) in [6, 6.07) is 2.20. The first-order valence-corrected chi connectivity index (χ1v) is 4.55. The minimum atomic E-state index is 0.644. The Hall–Kier alpha value is -1.03. The molecule has 64 valence electrons. The van der Waals surface area contributed by atoms with E-state index in [0.29, 0.717) is 18.3 Å². The van der Waals surface area contributed by atoms with Crippen LogP contribution in [0.15, 0.2) is 24.3 Å². The highest BCUT2D eigenvalue weighted by Gasteiger charge is 2.13. The van der Waals surface area contributed by atoms with Crippen molar-refractivity contribution in [3.8, 4) is 6.07 Å². The van der Waals surface area contributed by atoms with E-state index in [1.807, 2.05) is 0 Å². The van der Waals surface area contributed by atoms with Crippen molar-refractivity contribution >= 4 is 0 Å². The number of rotatable bonds is 3. The SMILES string of the molecule is CC(CCC#N)C1C=CC=CC1. The minimum Gasteiger partial charge on any atom is -0.198 e. The Morgan fingerprint density at radius 3 is 3.00 bits per heavy atom. The van der Waals surface area contributed by atoms with E-state index >= 15 is 0 Å². The second-order valence-electron chi connectivity index (χ2n) is 3.39. The van der Waals surface area contributed by atoms with Crippen molar-refractivity contribution in [3.63, 3.8) is 0 Å². The standard InChI is InChI=1S/C11H15N/c1-10(6-5-9-12)11-7-3-2-4-8-11/h2-4,7,10-11H,5-6,8H2,1H3. The van der Waals surface area contributed by atoms with Crippen LogP contribution < -0.4 is 0 Å². The molecule has 0 saturated carbocycles. The summed E-state index contributed by atoms with van der Waals surface area (Å²) in [5.74, 6) is 1.30. The lowest BCUT2D eigenvalue weighted by molar-refractivity contribution is 0.406. The molecule has 0 radical (unpaired) electrons. The zero-order valence-corrected chi connectivity index (χ0v) is 7.53. The van der Waals surface area contributed by atoms with Crippen molar-refractivity contribution in [2.24, 2.45) is 11.8 Å². The zero-order valence-electron chi connectivity index (χ0n) is 7.53. The van der Waals surface area contributed by atoms with E-state index in [0.717, 1.165) is 12.8 Å². The molecule has 0 amide bonds. The van der Waals surface area contributed by atoms with E-state index in [1.165, 1.54) is 0 Å². The summed E-state index contributed by atoms with van der Waals surface area (Å²) in [7, 11) is 0. The lowest BCUT2D eigenvalue weighted by Gasteiger charge is -2.19.